The van der Waals surface area contributed by atoms with Gasteiger partial charge in [0.2, 0.25) is 0 Å². The minimum Gasteiger partial charge on any atom is -0.383 e. The maximum atomic E-state index is 14.6. The predicted molar refractivity (Wildman–Crippen MR) is 125 cm³/mol. The van der Waals surface area contributed by atoms with E-state index in [0.717, 1.165) is 31.9 Å². The van der Waals surface area contributed by atoms with Gasteiger partial charge in [-0.15, -0.1) is 0 Å². The summed E-state index contributed by atoms with van der Waals surface area (Å²) in [6.07, 6.45) is 6.17. The molecule has 1 heterocycles. The molecule has 180 valence electrons. The third-order valence-electron chi connectivity index (χ3n) is 6.53. The number of nitrogens with zero attached hydrogens (tertiary/aromatic N) is 1. The number of aromatic nitrogens is 1. The first-order valence-electron chi connectivity index (χ1n) is 11.7. The molecule has 4 rings (SSSR count). The van der Waals surface area contributed by atoms with Crippen LogP contribution in [0.3, 0.4) is 0 Å². The zero-order valence-corrected chi connectivity index (χ0v) is 19.3. The summed E-state index contributed by atoms with van der Waals surface area (Å²) >= 11 is 0. The van der Waals surface area contributed by atoms with Gasteiger partial charge in [-0.05, 0) is 69.7 Å². The van der Waals surface area contributed by atoms with E-state index in [9.17, 15) is 13.2 Å². The standard InChI is InChI=1S/C25H33F3N4O/c1-16(14-33-2)31-17-3-5-18(6-4-17)32-24-12-21(23(27)13-29-24)20-11-19(7-8-22(20)26)30-15-25(28)9-10-25/h7-8,11-13,16-18,30-31H,3-6,9-10,14-15H2,1-2H3,(H,29,32)/t16-,17?,18?/m0/s1. The Bertz CT molecular complexity index is 945. The minimum absolute atomic E-state index is 0.131. The molecule has 1 atom stereocenters. The van der Waals surface area contributed by atoms with Crippen molar-refractivity contribution in [1.82, 2.24) is 10.3 Å². The second-order valence-corrected chi connectivity index (χ2v) is 9.46. The van der Waals surface area contributed by atoms with Crippen molar-refractivity contribution in [3.63, 3.8) is 0 Å². The Labute approximate surface area is 193 Å². The van der Waals surface area contributed by atoms with Gasteiger partial charge in [-0.2, -0.15) is 0 Å². The third kappa shape index (κ3) is 6.38. The molecular weight excluding hydrogens is 429 g/mol. The molecule has 1 aromatic carbocycles. The molecule has 2 aliphatic carbocycles. The fourth-order valence-electron chi connectivity index (χ4n) is 4.45. The fraction of sp³-hybridized carbons (Fsp3) is 0.560. The summed E-state index contributed by atoms with van der Waals surface area (Å²) in [6, 6.07) is 6.90. The van der Waals surface area contributed by atoms with E-state index in [1.807, 2.05) is 0 Å². The molecule has 33 heavy (non-hydrogen) atoms. The lowest BCUT2D eigenvalue weighted by Crippen LogP contribution is -2.42. The van der Waals surface area contributed by atoms with Crippen LogP contribution in [0.4, 0.5) is 24.7 Å². The van der Waals surface area contributed by atoms with Gasteiger partial charge in [0, 0.05) is 48.6 Å². The summed E-state index contributed by atoms with van der Waals surface area (Å²) in [5.41, 5.74) is -0.343. The number of hydrogen-bond acceptors (Lipinski definition) is 5. The third-order valence-corrected chi connectivity index (χ3v) is 6.53. The van der Waals surface area contributed by atoms with Gasteiger partial charge in [0.15, 0.2) is 0 Å². The van der Waals surface area contributed by atoms with E-state index in [4.69, 9.17) is 4.74 Å². The Kier molecular flexibility index (Phi) is 7.44. The van der Waals surface area contributed by atoms with Gasteiger partial charge in [-0.1, -0.05) is 0 Å². The molecule has 0 radical (unpaired) electrons. The van der Waals surface area contributed by atoms with E-state index < -0.39 is 17.3 Å². The van der Waals surface area contributed by atoms with Crippen LogP contribution in [0.25, 0.3) is 11.1 Å². The van der Waals surface area contributed by atoms with E-state index in [-0.39, 0.29) is 23.7 Å². The maximum absolute atomic E-state index is 14.6. The predicted octanol–water partition coefficient (Wildman–Crippen LogP) is 5.29. The van der Waals surface area contributed by atoms with Crippen LogP contribution in [-0.4, -0.2) is 49.0 Å². The normalized spacial score (nSPS) is 22.6. The highest BCUT2D eigenvalue weighted by atomic mass is 19.1. The number of benzene rings is 1. The van der Waals surface area contributed by atoms with Crippen molar-refractivity contribution in [2.24, 2.45) is 0 Å². The molecule has 8 heteroatoms. The van der Waals surface area contributed by atoms with Crippen LogP contribution >= 0.6 is 0 Å². The van der Waals surface area contributed by atoms with Gasteiger partial charge < -0.3 is 20.7 Å². The Balaban J connectivity index is 1.40. The minimum atomic E-state index is -1.18. The number of hydrogen-bond donors (Lipinski definition) is 3. The van der Waals surface area contributed by atoms with Gasteiger partial charge in [0.1, 0.15) is 23.1 Å². The van der Waals surface area contributed by atoms with Crippen molar-refractivity contribution >= 4 is 11.5 Å². The zero-order valence-electron chi connectivity index (χ0n) is 19.3. The van der Waals surface area contributed by atoms with E-state index >= 15 is 0 Å². The van der Waals surface area contributed by atoms with Crippen LogP contribution in [0, 0.1) is 11.6 Å². The van der Waals surface area contributed by atoms with Crippen molar-refractivity contribution in [2.75, 3.05) is 30.9 Å². The van der Waals surface area contributed by atoms with Crippen LogP contribution in [-0.2, 0) is 4.74 Å². The monoisotopic (exact) mass is 462 g/mol. The number of ether oxygens (including phenoxy) is 1. The number of anilines is 2. The smallest absolute Gasteiger partial charge is 0.149 e. The lowest BCUT2D eigenvalue weighted by atomic mass is 9.90. The van der Waals surface area contributed by atoms with Crippen LogP contribution < -0.4 is 16.0 Å². The Morgan fingerprint density at radius 2 is 1.76 bits per heavy atom. The van der Waals surface area contributed by atoms with Crippen molar-refractivity contribution in [3.05, 3.63) is 42.1 Å². The molecular formula is C25H33F3N4O. The summed E-state index contributed by atoms with van der Waals surface area (Å²) in [5, 5.41) is 9.98. The molecule has 0 unspecified atom stereocenters. The molecule has 1 aromatic heterocycles. The van der Waals surface area contributed by atoms with Crippen molar-refractivity contribution in [3.8, 4) is 11.1 Å². The molecule has 3 N–H and O–H groups in total. The van der Waals surface area contributed by atoms with Gasteiger partial charge >= 0.3 is 0 Å². The number of alkyl halides is 1. The number of rotatable bonds is 10. The van der Waals surface area contributed by atoms with Gasteiger partial charge in [-0.25, -0.2) is 18.2 Å². The van der Waals surface area contributed by atoms with E-state index in [1.165, 1.54) is 12.1 Å². The van der Waals surface area contributed by atoms with Crippen LogP contribution in [0.5, 0.6) is 0 Å². The lowest BCUT2D eigenvalue weighted by molar-refractivity contribution is 0.161. The van der Waals surface area contributed by atoms with Gasteiger partial charge in [0.25, 0.3) is 0 Å². The molecule has 0 amide bonds. The van der Waals surface area contributed by atoms with Crippen molar-refractivity contribution in [1.29, 1.82) is 0 Å². The average molecular weight is 463 g/mol. The molecule has 2 saturated carbocycles. The number of pyridine rings is 1. The average Bonchev–Trinajstić information content (AvgIpc) is 3.53. The first-order chi connectivity index (χ1) is 15.8. The van der Waals surface area contributed by atoms with E-state index in [1.54, 1.807) is 19.2 Å². The Hall–Kier alpha value is -2.32. The first-order valence-corrected chi connectivity index (χ1v) is 11.7. The molecule has 0 saturated heterocycles. The fourth-order valence-corrected chi connectivity index (χ4v) is 4.45. The number of methoxy groups -OCH3 is 1. The second kappa shape index (κ2) is 10.3. The van der Waals surface area contributed by atoms with Crippen LogP contribution in [0.15, 0.2) is 30.5 Å². The lowest BCUT2D eigenvalue weighted by Gasteiger charge is -2.31. The summed E-state index contributed by atoms with van der Waals surface area (Å²) in [5.74, 6) is -0.607. The summed E-state index contributed by atoms with van der Waals surface area (Å²) in [7, 11) is 1.70. The largest absolute Gasteiger partial charge is 0.383 e. The summed E-state index contributed by atoms with van der Waals surface area (Å²) in [6.45, 7) is 2.97. The zero-order chi connectivity index (χ0) is 23.4. The quantitative estimate of drug-likeness (QED) is 0.448. The van der Waals surface area contributed by atoms with Gasteiger partial charge in [-0.3, -0.25) is 0 Å². The van der Waals surface area contributed by atoms with E-state index in [2.05, 4.69) is 27.9 Å². The summed E-state index contributed by atoms with van der Waals surface area (Å²) < 4.78 is 48.3. The SMILES string of the molecule is COC[C@H](C)NC1CCC(Nc2cc(-c3cc(NCC4(F)CC4)ccc3F)c(F)cn2)CC1. The Morgan fingerprint density at radius 3 is 2.45 bits per heavy atom. The number of halogens is 3. The molecule has 5 nitrogen and oxygen atoms in total. The van der Waals surface area contributed by atoms with Crippen LogP contribution in [0.2, 0.25) is 0 Å². The summed E-state index contributed by atoms with van der Waals surface area (Å²) in [4.78, 5) is 4.17. The van der Waals surface area contributed by atoms with E-state index in [0.29, 0.717) is 43.0 Å². The molecule has 2 aromatic rings. The maximum Gasteiger partial charge on any atom is 0.149 e. The highest BCUT2D eigenvalue weighted by molar-refractivity contribution is 5.71. The molecule has 2 fully saturated rings. The first kappa shape index (κ1) is 23.8. The Morgan fingerprint density at radius 1 is 1.06 bits per heavy atom. The van der Waals surface area contributed by atoms with Crippen molar-refractivity contribution in [2.45, 2.75) is 69.2 Å². The number of nitrogens with one attached hydrogen (secondary N) is 3. The van der Waals surface area contributed by atoms with Crippen LogP contribution in [0.1, 0.15) is 45.4 Å². The molecule has 0 aliphatic heterocycles. The van der Waals surface area contributed by atoms with Gasteiger partial charge in [0.05, 0.1) is 12.8 Å². The topological polar surface area (TPSA) is 58.2 Å². The molecule has 0 spiro atoms. The van der Waals surface area contributed by atoms with Crippen molar-refractivity contribution < 1.29 is 17.9 Å². The second-order valence-electron chi connectivity index (χ2n) is 9.46. The highest BCUT2D eigenvalue weighted by Crippen LogP contribution is 2.40. The highest BCUT2D eigenvalue weighted by Gasteiger charge is 2.42. The molecule has 0 bridgehead atoms. The molecule has 2 aliphatic rings.